The maximum Gasteiger partial charge on any atom is 0.231 e. The number of aromatic nitrogens is 6. The number of nitrogens with zero attached hydrogens (tertiary/aromatic N) is 22. The smallest absolute Gasteiger partial charge is 0.231 e. The van der Waals surface area contributed by atoms with E-state index in [1.165, 1.54) is 91.8 Å². The van der Waals surface area contributed by atoms with Gasteiger partial charge in [-0.05, 0) is 165 Å². The number of rotatable bonds is 8. The van der Waals surface area contributed by atoms with E-state index in [9.17, 15) is 0 Å². The highest BCUT2D eigenvalue weighted by Gasteiger charge is 2.47. The summed E-state index contributed by atoms with van der Waals surface area (Å²) in [5, 5.41) is 0. The molecule has 0 saturated carbocycles. The summed E-state index contributed by atoms with van der Waals surface area (Å²) in [6.07, 6.45) is 9.92. The lowest BCUT2D eigenvalue weighted by atomic mass is 10.2. The van der Waals surface area contributed by atoms with E-state index in [1.807, 2.05) is 24.5 Å². The molecule has 19 rings (SSSR count). The Kier molecular flexibility index (Phi) is 19.1. The molecule has 6 aromatic heterocycles. The van der Waals surface area contributed by atoms with Crippen LogP contribution in [-0.2, 0) is 28.2 Å². The zero-order valence-corrected chi connectivity index (χ0v) is 68.6. The molecule has 22 nitrogen and oxygen atoms in total. The quantitative estimate of drug-likeness (QED) is 0.135. The maximum atomic E-state index is 4.69. The number of hydrogen-bond acceptors (Lipinski definition) is 18. The Hall–Kier alpha value is -12.5. The van der Waals surface area contributed by atoms with E-state index >= 15 is 0 Å². The summed E-state index contributed by atoms with van der Waals surface area (Å²) in [4.78, 5) is 46.8. The summed E-state index contributed by atoms with van der Waals surface area (Å²) in [6.45, 7) is 17.9. The second-order valence-corrected chi connectivity index (χ2v) is 30.6. The fourth-order valence-electron chi connectivity index (χ4n) is 17.8. The molecule has 0 unspecified atom stereocenters. The Bertz CT molecular complexity index is 4720. The highest BCUT2D eigenvalue weighted by atomic mass is 15.5. The first-order valence-corrected chi connectivity index (χ1v) is 39.2. The first-order valence-electron chi connectivity index (χ1n) is 39.2. The summed E-state index contributed by atoms with van der Waals surface area (Å²) in [5.74, 6) is 11.3. The van der Waals surface area contributed by atoms with Crippen LogP contribution in [-0.4, -0.2) is 121 Å². The van der Waals surface area contributed by atoms with Gasteiger partial charge < -0.3 is 39.2 Å². The van der Waals surface area contributed by atoms with E-state index in [0.717, 1.165) is 34.6 Å². The topological polar surface area (TPSA) is 93.1 Å². The molecule has 0 aliphatic carbocycles. The monoisotopic (exact) mass is 1500 g/mol. The van der Waals surface area contributed by atoms with Gasteiger partial charge in [0.2, 0.25) is 58.2 Å². The molecule has 0 amide bonds. The van der Waals surface area contributed by atoms with Gasteiger partial charge in [0.05, 0.1) is 74.2 Å². The summed E-state index contributed by atoms with van der Waals surface area (Å²) >= 11 is 0. The van der Waals surface area contributed by atoms with Gasteiger partial charge in [0.25, 0.3) is 0 Å². The molecule has 0 fully saturated rings. The van der Waals surface area contributed by atoms with Gasteiger partial charge in [-0.15, -0.1) is 0 Å². The average molecular weight is 1500 g/mol. The minimum atomic E-state index is 0.172. The molecule has 0 saturated heterocycles. The Morgan fingerprint density at radius 1 is 0.214 bits per heavy atom. The van der Waals surface area contributed by atoms with Crippen LogP contribution in [0.5, 0.6) is 0 Å². The summed E-state index contributed by atoms with van der Waals surface area (Å²) in [5.41, 5.74) is 14.9. The third kappa shape index (κ3) is 11.8. The molecule has 112 heavy (non-hydrogen) atoms. The van der Waals surface area contributed by atoms with Gasteiger partial charge in [-0.2, -0.15) is 0 Å². The minimum Gasteiger partial charge on any atom is -0.346 e. The maximum absolute atomic E-state index is 4.69. The molecule has 574 valence electrons. The van der Waals surface area contributed by atoms with Crippen LogP contribution in [0.1, 0.15) is 55.4 Å². The predicted octanol–water partition coefficient (Wildman–Crippen LogP) is 14.9. The molecular weight excluding hydrogens is 1390 g/mol. The number of fused-ring (bicyclic) bond motifs is 7. The molecule has 0 N–H and O–H groups in total. The highest BCUT2D eigenvalue weighted by molar-refractivity contribution is 5.88. The van der Waals surface area contributed by atoms with Crippen LogP contribution in [0.4, 0.5) is 126 Å². The second-order valence-electron chi connectivity index (χ2n) is 30.6. The molecular formula is C90H108N22+4. The van der Waals surface area contributed by atoms with Gasteiger partial charge in [0.1, 0.15) is 34.6 Å². The lowest BCUT2D eigenvalue weighted by Crippen LogP contribution is -2.48. The van der Waals surface area contributed by atoms with Gasteiger partial charge in [-0.1, -0.05) is 60.7 Å². The van der Waals surface area contributed by atoms with Crippen molar-refractivity contribution >= 4 is 126 Å². The molecule has 8 atom stereocenters. The molecule has 8 aliphatic heterocycles. The third-order valence-corrected chi connectivity index (χ3v) is 25.1. The first-order chi connectivity index (χ1) is 54.0. The summed E-state index contributed by atoms with van der Waals surface area (Å²) < 4.78 is 9.16. The average Bonchev–Trinajstić information content (AvgIpc) is 1.62. The molecule has 0 spiro atoms. The Morgan fingerprint density at radius 2 is 0.420 bits per heavy atom. The number of pyridine rings is 6. The van der Waals surface area contributed by atoms with Crippen LogP contribution >= 0.6 is 0 Å². The number of benzene rings is 5. The van der Waals surface area contributed by atoms with E-state index in [2.05, 4.69) is 465 Å². The normalized spacial score (nSPS) is 20.7. The Morgan fingerprint density at radius 3 is 0.670 bits per heavy atom. The second kappa shape index (κ2) is 29.1. The molecule has 5 aromatic carbocycles. The van der Waals surface area contributed by atoms with Crippen molar-refractivity contribution in [3.63, 3.8) is 0 Å². The van der Waals surface area contributed by atoms with Crippen molar-refractivity contribution in [2.75, 3.05) is 130 Å². The Balaban J connectivity index is 0.000000113. The van der Waals surface area contributed by atoms with Crippen molar-refractivity contribution in [3.05, 3.63) is 243 Å². The largest absolute Gasteiger partial charge is 0.346 e. The first kappa shape index (κ1) is 73.7. The predicted molar refractivity (Wildman–Crippen MR) is 460 cm³/mol. The molecule has 0 bridgehead atoms. The van der Waals surface area contributed by atoms with E-state index in [4.69, 9.17) is 0 Å². The van der Waals surface area contributed by atoms with Crippen molar-refractivity contribution in [1.82, 2.24) is 14.9 Å². The minimum absolute atomic E-state index is 0.172. The van der Waals surface area contributed by atoms with E-state index in [1.54, 1.807) is 0 Å². The Labute approximate surface area is 662 Å². The van der Waals surface area contributed by atoms with Crippen LogP contribution in [0, 0.1) is 0 Å². The van der Waals surface area contributed by atoms with Crippen molar-refractivity contribution in [2.45, 2.75) is 105 Å². The van der Waals surface area contributed by atoms with Gasteiger partial charge in [0, 0.05) is 124 Å². The van der Waals surface area contributed by atoms with Crippen LogP contribution in [0.15, 0.2) is 243 Å². The van der Waals surface area contributed by atoms with Gasteiger partial charge in [-0.3, -0.25) is 0 Å². The summed E-state index contributed by atoms with van der Waals surface area (Å²) in [7, 11) is 25.8. The lowest BCUT2D eigenvalue weighted by Gasteiger charge is -2.27. The number of anilines is 22. The molecule has 11 aromatic rings. The van der Waals surface area contributed by atoms with Crippen molar-refractivity contribution in [2.24, 2.45) is 28.2 Å². The van der Waals surface area contributed by atoms with Crippen LogP contribution < -0.4 is 91.8 Å². The van der Waals surface area contributed by atoms with E-state index in [-0.39, 0.29) is 43.2 Å². The molecule has 22 heteroatoms. The highest BCUT2D eigenvalue weighted by Crippen LogP contribution is 2.50. The van der Waals surface area contributed by atoms with Gasteiger partial charge >= 0.3 is 0 Å². The zero-order valence-electron chi connectivity index (χ0n) is 68.6. The molecule has 14 heterocycles. The SMILES string of the molecule is C[C@@H]1N(C)c2ccccc2N1c1cccc(N2C=CN(C)[C@@H]2C)[n+]1C.C[C@@H]1N(C)c2ccccc2N1c1cccc(N2c3ccccc3N(C)[C@@H]2C)[n+]1C.C[C@@H]1N(C)c2ccccc2N1c1cccc(N2c3ccccc3N(C)[C@@H]2C)[n+]1C.C[C@@H]1N(C)c2cccnc2N1c1cccc(N2c3ncccc3N(C)[C@@H]2C)[n+]1C. The van der Waals surface area contributed by atoms with Crippen molar-refractivity contribution in [1.29, 1.82) is 0 Å². The number of para-hydroxylation sites is 10. The van der Waals surface area contributed by atoms with Crippen LogP contribution in [0.2, 0.25) is 0 Å². The van der Waals surface area contributed by atoms with Gasteiger partial charge in [-0.25, -0.2) is 67.4 Å². The fourth-order valence-corrected chi connectivity index (χ4v) is 17.8. The third-order valence-electron chi connectivity index (χ3n) is 25.1. The van der Waals surface area contributed by atoms with Crippen LogP contribution in [0.3, 0.4) is 0 Å². The van der Waals surface area contributed by atoms with Gasteiger partial charge in [0.15, 0.2) is 43.2 Å². The lowest BCUT2D eigenvalue weighted by molar-refractivity contribution is -0.646. The summed E-state index contributed by atoms with van der Waals surface area (Å²) in [6, 6.07) is 77.6. The molecule has 8 aliphatic rings. The van der Waals surface area contributed by atoms with Crippen molar-refractivity contribution in [3.8, 4) is 0 Å². The van der Waals surface area contributed by atoms with Crippen LogP contribution in [0.25, 0.3) is 0 Å². The van der Waals surface area contributed by atoms with E-state index < -0.39 is 0 Å². The fraction of sp³-hybridized carbons (Fsp3) is 0.311. The number of hydrogen-bond donors (Lipinski definition) is 0. The zero-order chi connectivity index (χ0) is 78.6. The standard InChI is InChI=1S/2C24H28N5.C22H26N7.C20H26N5/c2*1-17-25(3)19-11-6-8-13-21(19)28(17)23-15-10-16-24(27(23)5)29-18(2)26(4)20-12-7-9-14-22(20)29;1-15-25(3)17-9-7-13-23-21(17)28(15)19-11-6-12-20(27(19)5)29-16(2)26(4)18-10-8-14-24-22(18)29;1-15-21(3)13-14-24(15)19-11-8-12-20(23(19)5)25-16(2)22(4)17-9-6-7-10-18(17)25/h2*6-18H,1-5H3;6-16H,1-5H3;6-16H,1-5H3/q4*+1/t2*17-,18+;2*15-,16+/m...0/s1. The van der Waals surface area contributed by atoms with Crippen molar-refractivity contribution < 1.29 is 18.3 Å². The van der Waals surface area contributed by atoms with E-state index in [0.29, 0.717) is 6.17 Å². The molecule has 0 radical (unpaired) electrons.